The Morgan fingerprint density at radius 3 is 2.86 bits per heavy atom. The smallest absolute Gasteiger partial charge is 0.322 e. The highest BCUT2D eigenvalue weighted by Gasteiger charge is 2.27. The Bertz CT molecular complexity index is 707. The summed E-state index contributed by atoms with van der Waals surface area (Å²) in [6.45, 7) is 2.41. The van der Waals surface area contributed by atoms with E-state index in [9.17, 15) is 13.2 Å². The molecule has 0 aliphatic heterocycles. The second-order valence-electron chi connectivity index (χ2n) is 4.34. The maximum Gasteiger partial charge on any atom is 0.322 e. The Labute approximate surface area is 121 Å². The summed E-state index contributed by atoms with van der Waals surface area (Å²) in [6.07, 6.45) is 5.52. The van der Waals surface area contributed by atoms with E-state index in [0.717, 1.165) is 0 Å². The molecule has 0 spiro atoms. The SMILES string of the molecule is CCn1cnc(S(=O)(=O)NC(Cc2cnc[nH]2)C(=O)O)c1. The first-order chi connectivity index (χ1) is 9.92. The van der Waals surface area contributed by atoms with Gasteiger partial charge in [-0.3, -0.25) is 4.79 Å². The predicted molar refractivity (Wildman–Crippen MR) is 71.9 cm³/mol. The van der Waals surface area contributed by atoms with Crippen molar-refractivity contribution in [2.45, 2.75) is 31.0 Å². The van der Waals surface area contributed by atoms with Gasteiger partial charge < -0.3 is 14.7 Å². The summed E-state index contributed by atoms with van der Waals surface area (Å²) in [6, 6.07) is -1.30. The number of aryl methyl sites for hydroxylation is 1. The molecule has 114 valence electrons. The van der Waals surface area contributed by atoms with Crippen LogP contribution < -0.4 is 4.72 Å². The molecule has 3 N–H and O–H groups in total. The lowest BCUT2D eigenvalue weighted by Crippen LogP contribution is -2.42. The van der Waals surface area contributed by atoms with Crippen molar-refractivity contribution in [1.82, 2.24) is 24.2 Å². The van der Waals surface area contributed by atoms with Crippen molar-refractivity contribution in [3.8, 4) is 0 Å². The molecule has 0 aliphatic rings. The number of H-pyrrole nitrogens is 1. The van der Waals surface area contributed by atoms with Gasteiger partial charge in [0.2, 0.25) is 0 Å². The fourth-order valence-electron chi connectivity index (χ4n) is 1.69. The summed E-state index contributed by atoms with van der Waals surface area (Å²) in [4.78, 5) is 21.5. The summed E-state index contributed by atoms with van der Waals surface area (Å²) in [7, 11) is -3.99. The molecule has 0 saturated heterocycles. The Balaban J connectivity index is 2.17. The molecule has 10 heteroatoms. The van der Waals surface area contributed by atoms with Crippen LogP contribution in [0.1, 0.15) is 12.6 Å². The van der Waals surface area contributed by atoms with Crippen molar-refractivity contribution in [3.63, 3.8) is 0 Å². The Kier molecular flexibility index (Phi) is 4.38. The number of nitrogens with zero attached hydrogens (tertiary/aromatic N) is 3. The number of rotatable bonds is 7. The number of aromatic amines is 1. The zero-order chi connectivity index (χ0) is 15.5. The molecular formula is C11H15N5O4S. The molecular weight excluding hydrogens is 298 g/mol. The van der Waals surface area contributed by atoms with E-state index in [2.05, 4.69) is 19.7 Å². The molecule has 1 atom stereocenters. The summed E-state index contributed by atoms with van der Waals surface area (Å²) < 4.78 is 28.0. The maximum atomic E-state index is 12.1. The number of aliphatic carboxylic acids is 1. The fourth-order valence-corrected chi connectivity index (χ4v) is 2.83. The average Bonchev–Trinajstić information content (AvgIpc) is 3.08. The largest absolute Gasteiger partial charge is 0.480 e. The molecule has 0 aromatic carbocycles. The van der Waals surface area contributed by atoms with E-state index in [0.29, 0.717) is 12.2 Å². The first kappa shape index (κ1) is 15.2. The van der Waals surface area contributed by atoms with Gasteiger partial charge in [0.25, 0.3) is 10.0 Å². The second-order valence-corrected chi connectivity index (χ2v) is 6.00. The summed E-state index contributed by atoms with van der Waals surface area (Å²) >= 11 is 0. The van der Waals surface area contributed by atoms with Gasteiger partial charge in [0, 0.05) is 31.1 Å². The van der Waals surface area contributed by atoms with E-state index in [1.54, 1.807) is 4.57 Å². The fraction of sp³-hybridized carbons (Fsp3) is 0.364. The zero-order valence-corrected chi connectivity index (χ0v) is 12.0. The number of nitrogens with one attached hydrogen (secondary N) is 2. The molecule has 0 saturated carbocycles. The molecule has 0 aliphatic carbocycles. The Morgan fingerprint density at radius 1 is 1.57 bits per heavy atom. The van der Waals surface area contributed by atoms with Crippen molar-refractivity contribution in [2.75, 3.05) is 0 Å². The van der Waals surface area contributed by atoms with Crippen LogP contribution in [-0.4, -0.2) is 45.1 Å². The number of carbonyl (C=O) groups is 1. The number of hydrogen-bond donors (Lipinski definition) is 3. The molecule has 0 bridgehead atoms. The molecule has 2 aromatic heterocycles. The van der Waals surface area contributed by atoms with E-state index in [1.165, 1.54) is 25.0 Å². The first-order valence-electron chi connectivity index (χ1n) is 6.16. The summed E-state index contributed by atoms with van der Waals surface area (Å²) in [5, 5.41) is 8.94. The topological polar surface area (TPSA) is 130 Å². The highest BCUT2D eigenvalue weighted by molar-refractivity contribution is 7.89. The normalized spacial score (nSPS) is 13.2. The van der Waals surface area contributed by atoms with Gasteiger partial charge in [0.15, 0.2) is 5.03 Å². The van der Waals surface area contributed by atoms with Gasteiger partial charge in [-0.2, -0.15) is 4.72 Å². The molecule has 2 rings (SSSR count). The molecule has 0 fully saturated rings. The second kappa shape index (κ2) is 6.06. The van der Waals surface area contributed by atoms with Gasteiger partial charge in [-0.05, 0) is 6.92 Å². The molecule has 21 heavy (non-hydrogen) atoms. The van der Waals surface area contributed by atoms with Crippen molar-refractivity contribution in [1.29, 1.82) is 0 Å². The quantitative estimate of drug-likeness (QED) is 0.637. The number of carboxylic acid groups (broad SMARTS) is 1. The van der Waals surface area contributed by atoms with Crippen molar-refractivity contribution >= 4 is 16.0 Å². The van der Waals surface area contributed by atoms with E-state index in [1.807, 2.05) is 6.92 Å². The predicted octanol–water partition coefficient (Wildman–Crippen LogP) is -0.400. The summed E-state index contributed by atoms with van der Waals surface area (Å²) in [5.41, 5.74) is 0.518. The van der Waals surface area contributed by atoms with Gasteiger partial charge in [0.1, 0.15) is 6.04 Å². The summed E-state index contributed by atoms with van der Waals surface area (Å²) in [5.74, 6) is -1.27. The minimum Gasteiger partial charge on any atom is -0.480 e. The minimum atomic E-state index is -3.99. The Morgan fingerprint density at radius 2 is 2.33 bits per heavy atom. The van der Waals surface area contributed by atoms with Crippen LogP contribution in [0, 0.1) is 0 Å². The molecule has 2 aromatic rings. The molecule has 0 radical (unpaired) electrons. The van der Waals surface area contributed by atoms with E-state index in [4.69, 9.17) is 5.11 Å². The molecule has 1 unspecified atom stereocenters. The van der Waals surface area contributed by atoms with Gasteiger partial charge in [-0.15, -0.1) is 0 Å². The van der Waals surface area contributed by atoms with E-state index >= 15 is 0 Å². The van der Waals surface area contributed by atoms with Crippen molar-refractivity contribution < 1.29 is 18.3 Å². The first-order valence-corrected chi connectivity index (χ1v) is 7.65. The third-order valence-corrected chi connectivity index (χ3v) is 4.18. The van der Waals surface area contributed by atoms with Gasteiger partial charge in [0.05, 0.1) is 12.7 Å². The van der Waals surface area contributed by atoms with E-state index < -0.39 is 22.0 Å². The monoisotopic (exact) mass is 313 g/mol. The van der Waals surface area contributed by atoms with Crippen LogP contribution in [-0.2, 0) is 27.8 Å². The number of imidazole rings is 2. The maximum absolute atomic E-state index is 12.1. The minimum absolute atomic E-state index is 0.0386. The third kappa shape index (κ3) is 3.67. The third-order valence-electron chi connectivity index (χ3n) is 2.82. The van der Waals surface area contributed by atoms with Crippen LogP contribution in [0.5, 0.6) is 0 Å². The van der Waals surface area contributed by atoms with Gasteiger partial charge in [-0.1, -0.05) is 0 Å². The average molecular weight is 313 g/mol. The Hall–Kier alpha value is -2.20. The molecule has 2 heterocycles. The van der Waals surface area contributed by atoms with Crippen LogP contribution in [0.4, 0.5) is 0 Å². The van der Waals surface area contributed by atoms with Crippen LogP contribution >= 0.6 is 0 Å². The lowest BCUT2D eigenvalue weighted by atomic mass is 10.2. The lowest BCUT2D eigenvalue weighted by Gasteiger charge is -2.12. The standard InChI is InChI=1S/C11H15N5O4S/c1-2-16-5-10(14-7-16)21(19,20)15-9(11(17)18)3-8-4-12-6-13-8/h4-7,9,15H,2-3H2,1H3,(H,12,13)(H,17,18). The highest BCUT2D eigenvalue weighted by atomic mass is 32.2. The highest BCUT2D eigenvalue weighted by Crippen LogP contribution is 2.08. The van der Waals surface area contributed by atoms with E-state index in [-0.39, 0.29) is 11.4 Å². The molecule has 9 nitrogen and oxygen atoms in total. The van der Waals surface area contributed by atoms with Crippen LogP contribution in [0.25, 0.3) is 0 Å². The lowest BCUT2D eigenvalue weighted by molar-refractivity contribution is -0.138. The number of sulfonamides is 1. The van der Waals surface area contributed by atoms with Crippen molar-refractivity contribution in [3.05, 3.63) is 30.7 Å². The number of hydrogen-bond acceptors (Lipinski definition) is 5. The molecule has 0 amide bonds. The zero-order valence-electron chi connectivity index (χ0n) is 11.2. The van der Waals surface area contributed by atoms with Crippen LogP contribution in [0.2, 0.25) is 0 Å². The van der Waals surface area contributed by atoms with Crippen LogP contribution in [0.15, 0.2) is 30.1 Å². The number of aromatic nitrogens is 4. The van der Waals surface area contributed by atoms with Gasteiger partial charge in [-0.25, -0.2) is 18.4 Å². The van der Waals surface area contributed by atoms with Crippen molar-refractivity contribution in [2.24, 2.45) is 0 Å². The number of carboxylic acids is 1. The van der Waals surface area contributed by atoms with Crippen LogP contribution in [0.3, 0.4) is 0 Å². The van der Waals surface area contributed by atoms with Gasteiger partial charge >= 0.3 is 5.97 Å².